The molecule has 5 heteroatoms. The Bertz CT molecular complexity index is 696. The van der Waals surface area contributed by atoms with Gasteiger partial charge in [-0.3, -0.25) is 9.59 Å². The van der Waals surface area contributed by atoms with E-state index in [1.54, 1.807) is 36.4 Å². The third kappa shape index (κ3) is 4.57. The SMILES string of the molecule is O=C(COc1cccc(C(=O)NC2CC2)c1)Nc1ccccc1. The largest absolute Gasteiger partial charge is 0.484 e. The van der Waals surface area contributed by atoms with Crippen molar-refractivity contribution in [1.82, 2.24) is 5.32 Å². The van der Waals surface area contributed by atoms with Crippen molar-refractivity contribution in [3.05, 3.63) is 60.2 Å². The molecule has 118 valence electrons. The molecule has 0 aromatic heterocycles. The fourth-order valence-electron chi connectivity index (χ4n) is 2.09. The monoisotopic (exact) mass is 310 g/mol. The highest BCUT2D eigenvalue weighted by Crippen LogP contribution is 2.20. The van der Waals surface area contributed by atoms with E-state index >= 15 is 0 Å². The molecule has 23 heavy (non-hydrogen) atoms. The molecule has 1 aliphatic carbocycles. The van der Waals surface area contributed by atoms with Gasteiger partial charge in [0, 0.05) is 17.3 Å². The van der Waals surface area contributed by atoms with Gasteiger partial charge in [0.05, 0.1) is 0 Å². The van der Waals surface area contributed by atoms with Crippen LogP contribution in [-0.4, -0.2) is 24.5 Å². The molecule has 0 spiro atoms. The number of rotatable bonds is 6. The summed E-state index contributed by atoms with van der Waals surface area (Å²) in [7, 11) is 0. The third-order valence-electron chi connectivity index (χ3n) is 3.44. The average molecular weight is 310 g/mol. The molecule has 1 saturated carbocycles. The molecule has 1 fully saturated rings. The van der Waals surface area contributed by atoms with E-state index in [1.807, 2.05) is 18.2 Å². The first-order chi connectivity index (χ1) is 11.2. The van der Waals surface area contributed by atoms with E-state index in [4.69, 9.17) is 4.74 Å². The van der Waals surface area contributed by atoms with Gasteiger partial charge < -0.3 is 15.4 Å². The summed E-state index contributed by atoms with van der Waals surface area (Å²) < 4.78 is 5.46. The second kappa shape index (κ2) is 6.96. The number of hydrogen-bond acceptors (Lipinski definition) is 3. The molecule has 5 nitrogen and oxygen atoms in total. The zero-order valence-corrected chi connectivity index (χ0v) is 12.6. The van der Waals surface area contributed by atoms with Crippen molar-refractivity contribution >= 4 is 17.5 Å². The number of benzene rings is 2. The van der Waals surface area contributed by atoms with Gasteiger partial charge in [-0.1, -0.05) is 24.3 Å². The van der Waals surface area contributed by atoms with Gasteiger partial charge in [0.1, 0.15) is 5.75 Å². The zero-order valence-electron chi connectivity index (χ0n) is 12.6. The second-order valence-corrected chi connectivity index (χ2v) is 5.48. The first-order valence-corrected chi connectivity index (χ1v) is 7.59. The van der Waals surface area contributed by atoms with Crippen LogP contribution in [0.25, 0.3) is 0 Å². The Labute approximate surface area is 134 Å². The molecule has 1 aliphatic rings. The van der Waals surface area contributed by atoms with E-state index in [1.165, 1.54) is 0 Å². The predicted molar refractivity (Wildman–Crippen MR) is 87.5 cm³/mol. The van der Waals surface area contributed by atoms with Crippen molar-refractivity contribution in [3.63, 3.8) is 0 Å². The number of anilines is 1. The van der Waals surface area contributed by atoms with Crippen LogP contribution in [-0.2, 0) is 4.79 Å². The molecule has 2 N–H and O–H groups in total. The predicted octanol–water partition coefficient (Wildman–Crippen LogP) is 2.60. The minimum absolute atomic E-state index is 0.105. The number of ether oxygens (including phenoxy) is 1. The maximum absolute atomic E-state index is 12.0. The molecule has 0 heterocycles. The molecular weight excluding hydrogens is 292 g/mol. The summed E-state index contributed by atoms with van der Waals surface area (Å²) in [5, 5.41) is 5.66. The van der Waals surface area contributed by atoms with Gasteiger partial charge in [0.15, 0.2) is 6.61 Å². The summed E-state index contributed by atoms with van der Waals surface area (Å²) in [6.07, 6.45) is 2.09. The van der Waals surface area contributed by atoms with Crippen molar-refractivity contribution in [3.8, 4) is 5.75 Å². The van der Waals surface area contributed by atoms with E-state index < -0.39 is 0 Å². The van der Waals surface area contributed by atoms with Gasteiger partial charge in [-0.15, -0.1) is 0 Å². The van der Waals surface area contributed by atoms with Crippen LogP contribution in [0.5, 0.6) is 5.75 Å². The Kier molecular flexibility index (Phi) is 4.57. The Morgan fingerprint density at radius 3 is 2.57 bits per heavy atom. The summed E-state index contributed by atoms with van der Waals surface area (Å²) in [6.45, 7) is -0.109. The van der Waals surface area contributed by atoms with E-state index in [9.17, 15) is 9.59 Å². The van der Waals surface area contributed by atoms with Gasteiger partial charge >= 0.3 is 0 Å². The maximum atomic E-state index is 12.0. The summed E-state index contributed by atoms with van der Waals surface area (Å²) in [5.41, 5.74) is 1.26. The van der Waals surface area contributed by atoms with E-state index in [0.717, 1.165) is 18.5 Å². The van der Waals surface area contributed by atoms with Crippen LogP contribution in [0.4, 0.5) is 5.69 Å². The zero-order chi connectivity index (χ0) is 16.1. The molecule has 0 radical (unpaired) electrons. The minimum Gasteiger partial charge on any atom is -0.484 e. The summed E-state index contributed by atoms with van der Waals surface area (Å²) in [5.74, 6) is 0.146. The van der Waals surface area contributed by atoms with Gasteiger partial charge in [0.25, 0.3) is 11.8 Å². The average Bonchev–Trinajstić information content (AvgIpc) is 3.38. The lowest BCUT2D eigenvalue weighted by atomic mass is 10.2. The number of carbonyl (C=O) groups is 2. The van der Waals surface area contributed by atoms with Crippen molar-refractivity contribution in [2.24, 2.45) is 0 Å². The topological polar surface area (TPSA) is 67.4 Å². The molecule has 0 saturated heterocycles. The number of carbonyl (C=O) groups excluding carboxylic acids is 2. The number of nitrogens with one attached hydrogen (secondary N) is 2. The Morgan fingerprint density at radius 1 is 1.04 bits per heavy atom. The van der Waals surface area contributed by atoms with Crippen LogP contribution in [0.3, 0.4) is 0 Å². The van der Waals surface area contributed by atoms with Crippen LogP contribution >= 0.6 is 0 Å². The summed E-state index contributed by atoms with van der Waals surface area (Å²) in [4.78, 5) is 23.8. The number of para-hydroxylation sites is 1. The summed E-state index contributed by atoms with van der Waals surface area (Å²) in [6, 6.07) is 16.3. The van der Waals surface area contributed by atoms with Gasteiger partial charge in [0.2, 0.25) is 0 Å². The molecule has 0 unspecified atom stereocenters. The third-order valence-corrected chi connectivity index (χ3v) is 3.44. The standard InChI is InChI=1S/C18H18N2O3/c21-17(19-14-6-2-1-3-7-14)12-23-16-8-4-5-13(11-16)18(22)20-15-9-10-15/h1-8,11,15H,9-10,12H2,(H,19,21)(H,20,22). The smallest absolute Gasteiger partial charge is 0.262 e. The molecular formula is C18H18N2O3. The fraction of sp³-hybridized carbons (Fsp3) is 0.222. The van der Waals surface area contributed by atoms with Crippen LogP contribution in [0.2, 0.25) is 0 Å². The van der Waals surface area contributed by atoms with Crippen molar-refractivity contribution in [2.75, 3.05) is 11.9 Å². The lowest BCUT2D eigenvalue weighted by Crippen LogP contribution is -2.25. The van der Waals surface area contributed by atoms with Gasteiger partial charge in [-0.05, 0) is 43.2 Å². The first kappa shape index (κ1) is 15.1. The minimum atomic E-state index is -0.246. The van der Waals surface area contributed by atoms with Crippen molar-refractivity contribution in [2.45, 2.75) is 18.9 Å². The molecule has 2 aromatic carbocycles. The lowest BCUT2D eigenvalue weighted by molar-refractivity contribution is -0.118. The van der Waals surface area contributed by atoms with Crippen LogP contribution in [0.15, 0.2) is 54.6 Å². The molecule has 0 aliphatic heterocycles. The van der Waals surface area contributed by atoms with Gasteiger partial charge in [-0.25, -0.2) is 0 Å². The van der Waals surface area contributed by atoms with Crippen LogP contribution in [0.1, 0.15) is 23.2 Å². The number of amides is 2. The van der Waals surface area contributed by atoms with Gasteiger partial charge in [-0.2, -0.15) is 0 Å². The maximum Gasteiger partial charge on any atom is 0.262 e. The normalized spacial score (nSPS) is 13.2. The van der Waals surface area contributed by atoms with E-state index in [2.05, 4.69) is 10.6 Å². The van der Waals surface area contributed by atoms with E-state index in [-0.39, 0.29) is 18.4 Å². The van der Waals surface area contributed by atoms with Crippen molar-refractivity contribution < 1.29 is 14.3 Å². The molecule has 0 atom stereocenters. The molecule has 2 amide bonds. The summed E-state index contributed by atoms with van der Waals surface area (Å²) >= 11 is 0. The highest BCUT2D eigenvalue weighted by molar-refractivity contribution is 5.95. The Balaban J connectivity index is 1.53. The fourth-order valence-corrected chi connectivity index (χ4v) is 2.09. The second-order valence-electron chi connectivity index (χ2n) is 5.48. The molecule has 2 aromatic rings. The quantitative estimate of drug-likeness (QED) is 0.862. The molecule has 3 rings (SSSR count). The highest BCUT2D eigenvalue weighted by atomic mass is 16.5. The van der Waals surface area contributed by atoms with Crippen molar-refractivity contribution in [1.29, 1.82) is 0 Å². The Hall–Kier alpha value is -2.82. The highest BCUT2D eigenvalue weighted by Gasteiger charge is 2.23. The van der Waals surface area contributed by atoms with Crippen LogP contribution < -0.4 is 15.4 Å². The number of hydrogen-bond donors (Lipinski definition) is 2. The first-order valence-electron chi connectivity index (χ1n) is 7.59. The Morgan fingerprint density at radius 2 is 1.83 bits per heavy atom. The van der Waals surface area contributed by atoms with E-state index in [0.29, 0.717) is 17.4 Å². The molecule has 0 bridgehead atoms. The van der Waals surface area contributed by atoms with Crippen LogP contribution in [0, 0.1) is 0 Å². The lowest BCUT2D eigenvalue weighted by Gasteiger charge is -2.09.